The molecular weight excluding hydrogens is 355 g/mol. The first-order chi connectivity index (χ1) is 13.1. The minimum atomic E-state index is -0.415. The van der Waals surface area contributed by atoms with Crippen molar-refractivity contribution in [2.75, 3.05) is 18.0 Å². The van der Waals surface area contributed by atoms with E-state index < -0.39 is 5.82 Å². The van der Waals surface area contributed by atoms with Crippen molar-refractivity contribution in [3.63, 3.8) is 0 Å². The van der Waals surface area contributed by atoms with E-state index in [1.807, 2.05) is 18.7 Å². The van der Waals surface area contributed by atoms with Crippen LogP contribution in [0, 0.1) is 17.7 Å². The van der Waals surface area contributed by atoms with E-state index in [1.54, 1.807) is 0 Å². The predicted octanol–water partition coefficient (Wildman–Crippen LogP) is 3.76. The monoisotopic (exact) mass is 386 g/mol. The van der Waals surface area contributed by atoms with Crippen molar-refractivity contribution in [1.82, 2.24) is 9.55 Å². The van der Waals surface area contributed by atoms with E-state index >= 15 is 4.39 Å². The number of nitrogens with two attached hydrogens (primary N) is 1. The van der Waals surface area contributed by atoms with Crippen molar-refractivity contribution in [2.45, 2.75) is 65.5 Å². The van der Waals surface area contributed by atoms with Crippen LogP contribution in [0.1, 0.15) is 70.7 Å². The van der Waals surface area contributed by atoms with Gasteiger partial charge < -0.3 is 15.2 Å². The van der Waals surface area contributed by atoms with Crippen LogP contribution in [0.15, 0.2) is 10.9 Å². The second-order valence-electron chi connectivity index (χ2n) is 9.38. The van der Waals surface area contributed by atoms with Gasteiger partial charge >= 0.3 is 0 Å². The molecule has 3 heterocycles. The molecule has 2 fully saturated rings. The molecule has 1 aliphatic carbocycles. The number of rotatable bonds is 4. The fraction of sp³-hybridized carbons (Fsp3) is 0.636. The van der Waals surface area contributed by atoms with Gasteiger partial charge in [-0.15, -0.1) is 0 Å². The zero-order chi connectivity index (χ0) is 20.5. The topological polar surface area (TPSA) is 64.2 Å². The van der Waals surface area contributed by atoms with Crippen LogP contribution in [0.5, 0.6) is 0 Å². The molecule has 1 saturated heterocycles. The van der Waals surface area contributed by atoms with Crippen molar-refractivity contribution in [2.24, 2.45) is 17.6 Å². The molecule has 4 rings (SSSR count). The minimum absolute atomic E-state index is 0.0641. The Morgan fingerprint density at radius 1 is 1.11 bits per heavy atom. The molecule has 0 radical (unpaired) electrons. The smallest absolute Gasteiger partial charge is 0.194 e. The first-order valence-corrected chi connectivity index (χ1v) is 10.4. The summed E-state index contributed by atoms with van der Waals surface area (Å²) in [6, 6.07) is 1.76. The lowest BCUT2D eigenvalue weighted by molar-refractivity contribution is 0.551. The third kappa shape index (κ3) is 2.76. The quantitative estimate of drug-likeness (QED) is 0.869. The zero-order valence-corrected chi connectivity index (χ0v) is 17.7. The van der Waals surface area contributed by atoms with E-state index in [0.29, 0.717) is 28.7 Å². The number of hydrogen-bond donors (Lipinski definition) is 1. The van der Waals surface area contributed by atoms with Gasteiger partial charge in [-0.1, -0.05) is 27.7 Å². The molecule has 1 saturated carbocycles. The van der Waals surface area contributed by atoms with E-state index in [-0.39, 0.29) is 29.3 Å². The highest BCUT2D eigenvalue weighted by atomic mass is 19.1. The number of anilines is 1. The van der Waals surface area contributed by atoms with Crippen molar-refractivity contribution in [3.05, 3.63) is 33.4 Å². The van der Waals surface area contributed by atoms with Crippen molar-refractivity contribution in [1.29, 1.82) is 0 Å². The van der Waals surface area contributed by atoms with Gasteiger partial charge in [0, 0.05) is 36.4 Å². The van der Waals surface area contributed by atoms with Gasteiger partial charge in [-0.3, -0.25) is 4.79 Å². The van der Waals surface area contributed by atoms with Crippen LogP contribution in [0.3, 0.4) is 0 Å². The highest BCUT2D eigenvalue weighted by Gasteiger charge is 2.54. The van der Waals surface area contributed by atoms with E-state index in [1.165, 1.54) is 6.07 Å². The van der Waals surface area contributed by atoms with Gasteiger partial charge in [-0.25, -0.2) is 9.37 Å². The minimum Gasteiger partial charge on any atom is -0.353 e. The maximum atomic E-state index is 15.0. The molecule has 1 aliphatic heterocycles. The van der Waals surface area contributed by atoms with Crippen LogP contribution in [0.4, 0.5) is 10.2 Å². The fourth-order valence-corrected chi connectivity index (χ4v) is 4.96. The summed E-state index contributed by atoms with van der Waals surface area (Å²) in [5.74, 6) is 1.06. The molecule has 2 aliphatic rings. The van der Waals surface area contributed by atoms with E-state index in [0.717, 1.165) is 24.3 Å². The lowest BCUT2D eigenvalue weighted by Crippen LogP contribution is -2.30. The summed E-state index contributed by atoms with van der Waals surface area (Å²) in [6.07, 6.45) is 0. The fourth-order valence-electron chi connectivity index (χ4n) is 4.96. The summed E-state index contributed by atoms with van der Waals surface area (Å²) in [7, 11) is 0. The average molecular weight is 387 g/mol. The van der Waals surface area contributed by atoms with Crippen LogP contribution in [-0.4, -0.2) is 28.7 Å². The van der Waals surface area contributed by atoms with E-state index in [9.17, 15) is 4.79 Å². The Labute approximate surface area is 165 Å². The molecular formula is C22H31FN4O. The maximum Gasteiger partial charge on any atom is 0.194 e. The molecule has 1 unspecified atom stereocenters. The summed E-state index contributed by atoms with van der Waals surface area (Å²) < 4.78 is 17.2. The Balaban J connectivity index is 1.98. The average Bonchev–Trinajstić information content (AvgIpc) is 3.02. The Morgan fingerprint density at radius 2 is 1.71 bits per heavy atom. The predicted molar refractivity (Wildman–Crippen MR) is 112 cm³/mol. The molecule has 0 amide bonds. The molecule has 3 atom stereocenters. The lowest BCUT2D eigenvalue weighted by atomic mass is 9.92. The van der Waals surface area contributed by atoms with E-state index in [4.69, 9.17) is 10.7 Å². The number of halogens is 1. The van der Waals surface area contributed by atoms with Gasteiger partial charge in [-0.05, 0) is 43.6 Å². The van der Waals surface area contributed by atoms with Crippen LogP contribution in [0.2, 0.25) is 0 Å². The summed E-state index contributed by atoms with van der Waals surface area (Å²) in [6.45, 7) is 13.9. The second-order valence-corrected chi connectivity index (χ2v) is 9.38. The summed E-state index contributed by atoms with van der Waals surface area (Å²) >= 11 is 0. The van der Waals surface area contributed by atoms with Crippen LogP contribution in [0.25, 0.3) is 11.0 Å². The summed E-state index contributed by atoms with van der Waals surface area (Å²) in [5, 5.41) is 0.379. The van der Waals surface area contributed by atoms with Crippen LogP contribution >= 0.6 is 0 Å². The standard InChI is InChI=1S/C22H31FN4O/c1-10(2)17-19(11(3)4)27(12(5)6)21-13(20(17)28)7-16(23)22(25-21)26-8-14-15(9-26)18(14)24/h7,10-12,14-15,18H,8-9,24H2,1-6H3/t14-,15+,18?. The maximum absolute atomic E-state index is 15.0. The Kier molecular flexibility index (Phi) is 4.53. The number of hydrogen-bond acceptors (Lipinski definition) is 4. The van der Waals surface area contributed by atoms with Crippen molar-refractivity contribution >= 4 is 16.9 Å². The summed E-state index contributed by atoms with van der Waals surface area (Å²) in [4.78, 5) is 20.0. The van der Waals surface area contributed by atoms with E-state index in [2.05, 4.69) is 32.3 Å². The van der Waals surface area contributed by atoms with Crippen molar-refractivity contribution in [3.8, 4) is 0 Å². The molecule has 28 heavy (non-hydrogen) atoms. The third-order valence-electron chi connectivity index (χ3n) is 6.39. The number of aromatic nitrogens is 2. The second kappa shape index (κ2) is 6.55. The number of fused-ring (bicyclic) bond motifs is 2. The normalized spacial score (nSPS) is 24.1. The highest BCUT2D eigenvalue weighted by Crippen LogP contribution is 2.45. The molecule has 2 N–H and O–H groups in total. The lowest BCUT2D eigenvalue weighted by Gasteiger charge is -2.28. The number of pyridine rings is 2. The third-order valence-corrected chi connectivity index (χ3v) is 6.39. The first-order valence-electron chi connectivity index (χ1n) is 10.4. The molecule has 2 aromatic heterocycles. The molecule has 0 spiro atoms. The highest BCUT2D eigenvalue weighted by molar-refractivity contribution is 5.79. The Hall–Kier alpha value is -1.95. The Morgan fingerprint density at radius 3 is 2.21 bits per heavy atom. The van der Waals surface area contributed by atoms with Gasteiger partial charge in [0.05, 0.1) is 5.39 Å². The van der Waals surface area contributed by atoms with Gasteiger partial charge in [-0.2, -0.15) is 0 Å². The van der Waals surface area contributed by atoms with Crippen LogP contribution in [-0.2, 0) is 0 Å². The zero-order valence-electron chi connectivity index (χ0n) is 17.7. The molecule has 6 heteroatoms. The van der Waals surface area contributed by atoms with Crippen LogP contribution < -0.4 is 16.1 Å². The van der Waals surface area contributed by atoms with Gasteiger partial charge in [0.15, 0.2) is 17.1 Å². The van der Waals surface area contributed by atoms with Gasteiger partial charge in [0.1, 0.15) is 5.65 Å². The van der Waals surface area contributed by atoms with Gasteiger partial charge in [0.2, 0.25) is 0 Å². The number of nitrogens with zero attached hydrogens (tertiary/aromatic N) is 3. The van der Waals surface area contributed by atoms with Gasteiger partial charge in [0.25, 0.3) is 0 Å². The molecule has 0 aromatic carbocycles. The molecule has 0 bridgehead atoms. The number of piperidine rings is 1. The molecule has 5 nitrogen and oxygen atoms in total. The summed E-state index contributed by atoms with van der Waals surface area (Å²) in [5.41, 5.74) is 8.33. The largest absolute Gasteiger partial charge is 0.353 e. The molecule has 2 aromatic rings. The Bertz CT molecular complexity index is 982. The van der Waals surface area contributed by atoms with Crippen molar-refractivity contribution < 1.29 is 4.39 Å². The SMILES string of the molecule is CC(C)c1c(C(C)C)n(C(C)C)c2nc(N3C[C@@H]4C(N)[C@@H]4C3)c(F)cc2c1=O. The first kappa shape index (κ1) is 19.4. The molecule has 152 valence electrons.